The van der Waals surface area contributed by atoms with Crippen molar-refractivity contribution >= 4 is 29.6 Å². The van der Waals surface area contributed by atoms with E-state index in [0.29, 0.717) is 5.69 Å². The highest BCUT2D eigenvalue weighted by Crippen LogP contribution is 2.27. The number of hydrogen-bond acceptors (Lipinski definition) is 3. The van der Waals surface area contributed by atoms with Gasteiger partial charge in [0.1, 0.15) is 12.2 Å². The maximum atomic E-state index is 12.9. The third kappa shape index (κ3) is 4.37. The lowest BCUT2D eigenvalue weighted by Gasteiger charge is -2.14. The number of rotatable bonds is 5. The normalized spacial score (nSPS) is 14.6. The van der Waals surface area contributed by atoms with Crippen LogP contribution < -0.4 is 10.6 Å². The van der Waals surface area contributed by atoms with Crippen molar-refractivity contribution in [3.63, 3.8) is 0 Å². The highest BCUT2D eigenvalue weighted by molar-refractivity contribution is 6.16. The number of amides is 4. The van der Waals surface area contributed by atoms with E-state index in [-0.39, 0.29) is 12.2 Å². The Bertz CT molecular complexity index is 1350. The third-order valence-electron chi connectivity index (χ3n) is 6.15. The SMILES string of the molecule is Cc1cccc(NC(=O)CN2C(=O)N/C(=C/c3cc(C)n(-c4cccc(C)c4C)c3C)C2=O)c1. The van der Waals surface area contributed by atoms with Crippen molar-refractivity contribution in [2.24, 2.45) is 0 Å². The first-order chi connectivity index (χ1) is 16.2. The van der Waals surface area contributed by atoms with Crippen LogP contribution in [0.15, 0.2) is 54.2 Å². The maximum absolute atomic E-state index is 12.9. The van der Waals surface area contributed by atoms with Crippen molar-refractivity contribution in [3.05, 3.63) is 87.9 Å². The number of aromatic nitrogens is 1. The zero-order valence-corrected chi connectivity index (χ0v) is 20.0. The zero-order valence-electron chi connectivity index (χ0n) is 20.0. The molecule has 2 heterocycles. The second-order valence-corrected chi connectivity index (χ2v) is 8.68. The summed E-state index contributed by atoms with van der Waals surface area (Å²) in [6.07, 6.45) is 1.67. The fourth-order valence-corrected chi connectivity index (χ4v) is 4.22. The highest BCUT2D eigenvalue weighted by atomic mass is 16.2. The van der Waals surface area contributed by atoms with E-state index in [9.17, 15) is 14.4 Å². The van der Waals surface area contributed by atoms with Crippen molar-refractivity contribution in [3.8, 4) is 5.69 Å². The summed E-state index contributed by atoms with van der Waals surface area (Å²) >= 11 is 0. The van der Waals surface area contributed by atoms with Crippen LogP contribution in [-0.2, 0) is 9.59 Å². The van der Waals surface area contributed by atoms with Crippen LogP contribution in [0.2, 0.25) is 0 Å². The first-order valence-electron chi connectivity index (χ1n) is 11.1. The molecule has 1 fully saturated rings. The Labute approximate surface area is 199 Å². The summed E-state index contributed by atoms with van der Waals surface area (Å²) in [4.78, 5) is 38.7. The number of imide groups is 1. The molecule has 0 unspecified atom stereocenters. The van der Waals surface area contributed by atoms with Crippen LogP contribution in [0.25, 0.3) is 11.8 Å². The number of anilines is 1. The Kier molecular flexibility index (Phi) is 6.11. The summed E-state index contributed by atoms with van der Waals surface area (Å²) in [6, 6.07) is 14.9. The van der Waals surface area contributed by atoms with Gasteiger partial charge in [-0.1, -0.05) is 24.3 Å². The molecule has 0 bridgehead atoms. The van der Waals surface area contributed by atoms with Gasteiger partial charge in [-0.05, 0) is 87.2 Å². The van der Waals surface area contributed by atoms with Crippen LogP contribution in [0.5, 0.6) is 0 Å². The van der Waals surface area contributed by atoms with E-state index in [2.05, 4.69) is 41.2 Å². The molecule has 0 aliphatic carbocycles. The van der Waals surface area contributed by atoms with E-state index in [0.717, 1.165) is 33.1 Å². The fourth-order valence-electron chi connectivity index (χ4n) is 4.22. The van der Waals surface area contributed by atoms with Crippen LogP contribution in [0.3, 0.4) is 0 Å². The van der Waals surface area contributed by atoms with Crippen LogP contribution in [0, 0.1) is 34.6 Å². The van der Waals surface area contributed by atoms with E-state index < -0.39 is 17.8 Å². The molecule has 1 saturated heterocycles. The molecule has 0 spiro atoms. The highest BCUT2D eigenvalue weighted by Gasteiger charge is 2.35. The minimum Gasteiger partial charge on any atom is -0.325 e. The van der Waals surface area contributed by atoms with Gasteiger partial charge in [0.15, 0.2) is 0 Å². The van der Waals surface area contributed by atoms with Crippen molar-refractivity contribution < 1.29 is 14.4 Å². The molecule has 2 N–H and O–H groups in total. The zero-order chi connectivity index (χ0) is 24.6. The summed E-state index contributed by atoms with van der Waals surface area (Å²) < 4.78 is 2.14. The van der Waals surface area contributed by atoms with E-state index in [4.69, 9.17) is 0 Å². The van der Waals surface area contributed by atoms with Crippen molar-refractivity contribution in [1.82, 2.24) is 14.8 Å². The van der Waals surface area contributed by atoms with Gasteiger partial charge in [0.25, 0.3) is 5.91 Å². The second kappa shape index (κ2) is 9.02. The van der Waals surface area contributed by atoms with Gasteiger partial charge < -0.3 is 15.2 Å². The predicted octanol–water partition coefficient (Wildman–Crippen LogP) is 4.55. The summed E-state index contributed by atoms with van der Waals surface area (Å²) in [5.74, 6) is -0.968. The first kappa shape index (κ1) is 23.0. The lowest BCUT2D eigenvalue weighted by Crippen LogP contribution is -2.38. The quantitative estimate of drug-likeness (QED) is 0.436. The fraction of sp³-hybridized carbons (Fsp3) is 0.222. The second-order valence-electron chi connectivity index (χ2n) is 8.68. The van der Waals surface area contributed by atoms with Gasteiger partial charge in [0.05, 0.1) is 0 Å². The molecule has 0 saturated carbocycles. The van der Waals surface area contributed by atoms with Gasteiger partial charge >= 0.3 is 6.03 Å². The maximum Gasteiger partial charge on any atom is 0.329 e. The Hall–Kier alpha value is -4.13. The molecule has 1 aliphatic rings. The Balaban J connectivity index is 1.56. The van der Waals surface area contributed by atoms with Gasteiger partial charge in [0.2, 0.25) is 5.91 Å². The van der Waals surface area contributed by atoms with E-state index in [1.807, 2.05) is 51.1 Å². The molecule has 1 aliphatic heterocycles. The molecular weight excluding hydrogens is 428 g/mol. The minimum absolute atomic E-state index is 0.148. The Morgan fingerprint density at radius 2 is 1.74 bits per heavy atom. The topological polar surface area (TPSA) is 83.4 Å². The number of urea groups is 1. The average molecular weight is 457 g/mol. The summed E-state index contributed by atoms with van der Waals surface area (Å²) in [6.45, 7) is 9.70. The van der Waals surface area contributed by atoms with Crippen molar-refractivity contribution in [1.29, 1.82) is 0 Å². The van der Waals surface area contributed by atoms with Crippen LogP contribution in [0.4, 0.5) is 10.5 Å². The van der Waals surface area contributed by atoms with Gasteiger partial charge in [-0.2, -0.15) is 0 Å². The van der Waals surface area contributed by atoms with Gasteiger partial charge in [0, 0.05) is 22.8 Å². The smallest absolute Gasteiger partial charge is 0.325 e. The molecule has 0 atom stereocenters. The monoisotopic (exact) mass is 456 g/mol. The van der Waals surface area contributed by atoms with Crippen LogP contribution in [-0.4, -0.2) is 33.9 Å². The minimum atomic E-state index is -0.612. The number of hydrogen-bond donors (Lipinski definition) is 2. The lowest BCUT2D eigenvalue weighted by molar-refractivity contribution is -0.127. The van der Waals surface area contributed by atoms with E-state index in [1.165, 1.54) is 11.1 Å². The summed E-state index contributed by atoms with van der Waals surface area (Å²) in [5, 5.41) is 5.33. The number of nitrogens with one attached hydrogen (secondary N) is 2. The Morgan fingerprint density at radius 1 is 1.00 bits per heavy atom. The van der Waals surface area contributed by atoms with Crippen LogP contribution >= 0.6 is 0 Å². The summed E-state index contributed by atoms with van der Waals surface area (Å²) in [5.41, 5.74) is 8.02. The number of benzene rings is 2. The molecule has 34 heavy (non-hydrogen) atoms. The lowest BCUT2D eigenvalue weighted by atomic mass is 10.1. The number of carbonyl (C=O) groups excluding carboxylic acids is 3. The standard InChI is InChI=1S/C27H28N4O3/c1-16-8-6-10-22(12-16)28-25(32)15-30-26(33)23(29-27(30)34)14-21-13-18(3)31(20(21)5)24-11-7-9-17(2)19(24)4/h6-14H,15H2,1-5H3,(H,28,32)(H,29,34)/b23-14+. The molecule has 7 heteroatoms. The van der Waals surface area contributed by atoms with Crippen molar-refractivity contribution in [2.45, 2.75) is 34.6 Å². The van der Waals surface area contributed by atoms with Crippen LogP contribution in [0.1, 0.15) is 33.6 Å². The summed E-state index contributed by atoms with van der Waals surface area (Å²) in [7, 11) is 0. The predicted molar refractivity (Wildman–Crippen MR) is 133 cm³/mol. The molecule has 4 amide bonds. The van der Waals surface area contributed by atoms with E-state index in [1.54, 1.807) is 12.1 Å². The van der Waals surface area contributed by atoms with Crippen molar-refractivity contribution in [2.75, 3.05) is 11.9 Å². The van der Waals surface area contributed by atoms with Gasteiger partial charge in [-0.3, -0.25) is 9.59 Å². The molecular formula is C27H28N4O3. The molecule has 1 aromatic heterocycles. The molecule has 2 aromatic carbocycles. The first-order valence-corrected chi connectivity index (χ1v) is 11.1. The number of aryl methyl sites for hydroxylation is 3. The number of carbonyl (C=O) groups is 3. The molecule has 7 nitrogen and oxygen atoms in total. The van der Waals surface area contributed by atoms with Gasteiger partial charge in [-0.15, -0.1) is 0 Å². The molecule has 174 valence electrons. The third-order valence-corrected chi connectivity index (χ3v) is 6.15. The Morgan fingerprint density at radius 3 is 2.47 bits per heavy atom. The largest absolute Gasteiger partial charge is 0.329 e. The molecule has 4 rings (SSSR count). The van der Waals surface area contributed by atoms with E-state index >= 15 is 0 Å². The molecule has 3 aromatic rings. The number of nitrogens with zero attached hydrogens (tertiary/aromatic N) is 2. The molecule has 0 radical (unpaired) electrons. The average Bonchev–Trinajstić information content (AvgIpc) is 3.19. The van der Waals surface area contributed by atoms with Gasteiger partial charge in [-0.25, -0.2) is 9.69 Å².